The van der Waals surface area contributed by atoms with Crippen molar-refractivity contribution >= 4 is 27.3 Å². The molecule has 2 rings (SSSR count). The van der Waals surface area contributed by atoms with E-state index in [1.54, 1.807) is 18.4 Å². The summed E-state index contributed by atoms with van der Waals surface area (Å²) in [5.41, 5.74) is 0.933. The molecule has 0 radical (unpaired) electrons. The van der Waals surface area contributed by atoms with Crippen LogP contribution in [0.4, 0.5) is 0 Å². The third-order valence-corrected chi connectivity index (χ3v) is 5.78. The SMILES string of the molecule is CN=C(NCCS(=O)(=O)NCc1ccccc1)NCc1ccc(C)s1. The second-order valence-corrected chi connectivity index (χ2v) is 8.79. The molecule has 3 N–H and O–H groups in total. The van der Waals surface area contributed by atoms with Crippen LogP contribution in [-0.4, -0.2) is 33.7 Å². The fourth-order valence-electron chi connectivity index (χ4n) is 2.14. The lowest BCUT2D eigenvalue weighted by Crippen LogP contribution is -2.40. The molecule has 25 heavy (non-hydrogen) atoms. The summed E-state index contributed by atoms with van der Waals surface area (Å²) >= 11 is 1.72. The van der Waals surface area contributed by atoms with Crippen LogP contribution in [-0.2, 0) is 23.1 Å². The molecule has 2 aromatic rings. The number of sulfonamides is 1. The van der Waals surface area contributed by atoms with Crippen molar-refractivity contribution in [3.63, 3.8) is 0 Å². The third-order valence-electron chi connectivity index (χ3n) is 3.45. The molecule has 0 atom stereocenters. The summed E-state index contributed by atoms with van der Waals surface area (Å²) in [6.45, 7) is 3.31. The minimum atomic E-state index is -3.34. The number of hydrogen-bond donors (Lipinski definition) is 3. The molecule has 1 aromatic carbocycles. The van der Waals surface area contributed by atoms with Crippen molar-refractivity contribution < 1.29 is 8.42 Å². The van der Waals surface area contributed by atoms with Crippen LogP contribution in [0.5, 0.6) is 0 Å². The highest BCUT2D eigenvalue weighted by Crippen LogP contribution is 2.14. The molecule has 0 aliphatic rings. The Morgan fingerprint density at radius 1 is 1.08 bits per heavy atom. The number of benzene rings is 1. The van der Waals surface area contributed by atoms with Gasteiger partial charge in [0.15, 0.2) is 5.96 Å². The highest BCUT2D eigenvalue weighted by atomic mass is 32.2. The van der Waals surface area contributed by atoms with Crippen molar-refractivity contribution in [1.82, 2.24) is 15.4 Å². The molecule has 0 saturated carbocycles. The minimum absolute atomic E-state index is 0.0152. The van der Waals surface area contributed by atoms with Crippen LogP contribution in [0.3, 0.4) is 0 Å². The Morgan fingerprint density at radius 2 is 1.84 bits per heavy atom. The van der Waals surface area contributed by atoms with E-state index in [1.807, 2.05) is 30.3 Å². The summed E-state index contributed by atoms with van der Waals surface area (Å²) < 4.78 is 26.7. The first-order valence-corrected chi connectivity index (χ1v) is 10.5. The van der Waals surface area contributed by atoms with E-state index in [9.17, 15) is 8.42 Å². The molecule has 136 valence electrons. The topological polar surface area (TPSA) is 82.6 Å². The third kappa shape index (κ3) is 7.25. The van der Waals surface area contributed by atoms with Crippen LogP contribution < -0.4 is 15.4 Å². The Morgan fingerprint density at radius 3 is 2.48 bits per heavy atom. The van der Waals surface area contributed by atoms with Gasteiger partial charge in [0.05, 0.1) is 12.3 Å². The fourth-order valence-corrected chi connectivity index (χ4v) is 3.87. The molecule has 0 saturated heterocycles. The van der Waals surface area contributed by atoms with E-state index in [0.29, 0.717) is 19.0 Å². The second kappa shape index (κ2) is 9.55. The van der Waals surface area contributed by atoms with Crippen molar-refractivity contribution in [3.8, 4) is 0 Å². The Hall–Kier alpha value is -1.90. The van der Waals surface area contributed by atoms with Crippen molar-refractivity contribution in [3.05, 3.63) is 57.8 Å². The van der Waals surface area contributed by atoms with Crippen molar-refractivity contribution in [1.29, 1.82) is 0 Å². The number of guanidine groups is 1. The normalized spacial score (nSPS) is 12.2. The van der Waals surface area contributed by atoms with E-state index in [-0.39, 0.29) is 12.3 Å². The van der Waals surface area contributed by atoms with Crippen LogP contribution in [0.25, 0.3) is 0 Å². The summed E-state index contributed by atoms with van der Waals surface area (Å²) in [6, 6.07) is 13.6. The lowest BCUT2D eigenvalue weighted by atomic mass is 10.2. The molecule has 0 spiro atoms. The zero-order valence-electron chi connectivity index (χ0n) is 14.5. The molecule has 0 bridgehead atoms. The number of thiophene rings is 1. The first kappa shape index (κ1) is 19.4. The van der Waals surface area contributed by atoms with Gasteiger partial charge >= 0.3 is 0 Å². The first-order valence-electron chi connectivity index (χ1n) is 7.99. The highest BCUT2D eigenvalue weighted by molar-refractivity contribution is 7.89. The van der Waals surface area contributed by atoms with Gasteiger partial charge in [-0.05, 0) is 24.6 Å². The van der Waals surface area contributed by atoms with E-state index < -0.39 is 10.0 Å². The van der Waals surface area contributed by atoms with Crippen LogP contribution in [0.2, 0.25) is 0 Å². The molecular weight excluding hydrogens is 356 g/mol. The van der Waals surface area contributed by atoms with Gasteiger partial charge in [0.25, 0.3) is 0 Å². The monoisotopic (exact) mass is 380 g/mol. The minimum Gasteiger partial charge on any atom is -0.355 e. The van der Waals surface area contributed by atoms with Crippen molar-refractivity contribution in [2.75, 3.05) is 19.3 Å². The van der Waals surface area contributed by atoms with Gasteiger partial charge in [-0.3, -0.25) is 4.99 Å². The molecule has 0 amide bonds. The van der Waals surface area contributed by atoms with E-state index in [4.69, 9.17) is 0 Å². The largest absolute Gasteiger partial charge is 0.355 e. The summed E-state index contributed by atoms with van der Waals surface area (Å²) in [4.78, 5) is 6.57. The summed E-state index contributed by atoms with van der Waals surface area (Å²) in [5, 5.41) is 6.20. The van der Waals surface area contributed by atoms with Crippen LogP contribution >= 0.6 is 11.3 Å². The summed E-state index contributed by atoms with van der Waals surface area (Å²) in [6.07, 6.45) is 0. The van der Waals surface area contributed by atoms with Crippen molar-refractivity contribution in [2.24, 2.45) is 4.99 Å². The number of aliphatic imine (C=N–C) groups is 1. The molecule has 0 aliphatic heterocycles. The molecule has 1 aromatic heterocycles. The molecule has 1 heterocycles. The van der Waals surface area contributed by atoms with Crippen LogP contribution in [0.1, 0.15) is 15.3 Å². The predicted molar refractivity (Wildman–Crippen MR) is 104 cm³/mol. The van der Waals surface area contributed by atoms with E-state index in [0.717, 1.165) is 5.56 Å². The first-order chi connectivity index (χ1) is 12.0. The molecule has 6 nitrogen and oxygen atoms in total. The van der Waals surface area contributed by atoms with E-state index in [2.05, 4.69) is 39.4 Å². The van der Waals surface area contributed by atoms with Gasteiger partial charge in [-0.15, -0.1) is 11.3 Å². The fraction of sp³-hybridized carbons (Fsp3) is 0.353. The Labute approximate surface area is 153 Å². The van der Waals surface area contributed by atoms with Crippen LogP contribution in [0.15, 0.2) is 47.5 Å². The Bertz CT molecular complexity index is 786. The Balaban J connectivity index is 1.71. The molecule has 8 heteroatoms. The molecular formula is C17H24N4O2S2. The maximum atomic E-state index is 12.0. The maximum absolute atomic E-state index is 12.0. The van der Waals surface area contributed by atoms with Gasteiger partial charge in [-0.2, -0.15) is 0 Å². The summed E-state index contributed by atoms with van der Waals surface area (Å²) in [5.74, 6) is 0.572. The maximum Gasteiger partial charge on any atom is 0.213 e. The lowest BCUT2D eigenvalue weighted by Gasteiger charge is -2.12. The number of aryl methyl sites for hydroxylation is 1. The second-order valence-electron chi connectivity index (χ2n) is 5.49. The molecule has 0 fully saturated rings. The number of nitrogens with zero attached hydrogens (tertiary/aromatic N) is 1. The number of hydrogen-bond acceptors (Lipinski definition) is 4. The standard InChI is InChI=1S/C17H24N4O2S2/c1-14-8-9-16(24-14)13-20-17(18-2)19-10-11-25(22,23)21-12-15-6-4-3-5-7-15/h3-9,21H,10-13H2,1-2H3,(H2,18,19,20). The number of rotatable bonds is 8. The lowest BCUT2D eigenvalue weighted by molar-refractivity contribution is 0.580. The van der Waals surface area contributed by atoms with Crippen molar-refractivity contribution in [2.45, 2.75) is 20.0 Å². The van der Waals surface area contributed by atoms with Gasteiger partial charge in [-0.25, -0.2) is 13.1 Å². The molecule has 0 aliphatic carbocycles. The smallest absolute Gasteiger partial charge is 0.213 e. The molecule has 0 unspecified atom stereocenters. The average molecular weight is 381 g/mol. The van der Waals surface area contributed by atoms with Gasteiger partial charge < -0.3 is 10.6 Å². The Kier molecular flexibility index (Phi) is 7.42. The van der Waals surface area contributed by atoms with Gasteiger partial charge in [0, 0.05) is 29.9 Å². The number of nitrogens with one attached hydrogen (secondary N) is 3. The average Bonchev–Trinajstić information content (AvgIpc) is 3.02. The van der Waals surface area contributed by atoms with Gasteiger partial charge in [0.2, 0.25) is 10.0 Å². The zero-order valence-corrected chi connectivity index (χ0v) is 16.1. The zero-order chi connectivity index (χ0) is 18.1. The van der Waals surface area contributed by atoms with E-state index in [1.165, 1.54) is 9.75 Å². The van der Waals surface area contributed by atoms with Gasteiger partial charge in [-0.1, -0.05) is 30.3 Å². The van der Waals surface area contributed by atoms with Gasteiger partial charge in [0.1, 0.15) is 0 Å². The summed E-state index contributed by atoms with van der Waals surface area (Å²) in [7, 11) is -1.68. The predicted octanol–water partition coefficient (Wildman–Crippen LogP) is 1.84. The van der Waals surface area contributed by atoms with E-state index >= 15 is 0 Å². The van der Waals surface area contributed by atoms with Crippen LogP contribution in [0, 0.1) is 6.92 Å². The highest BCUT2D eigenvalue weighted by Gasteiger charge is 2.10. The quantitative estimate of drug-likeness (QED) is 0.482.